The summed E-state index contributed by atoms with van der Waals surface area (Å²) in [6.45, 7) is 8.12. The van der Waals surface area contributed by atoms with Gasteiger partial charge in [0.15, 0.2) is 0 Å². The molecule has 0 bridgehead atoms. The van der Waals surface area contributed by atoms with Crippen molar-refractivity contribution in [2.75, 3.05) is 19.6 Å². The Morgan fingerprint density at radius 3 is 2.62 bits per heavy atom. The van der Waals surface area contributed by atoms with E-state index in [1.54, 1.807) is 11.0 Å². The van der Waals surface area contributed by atoms with E-state index in [0.29, 0.717) is 36.2 Å². The molecule has 6 rings (SSSR count). The zero-order valence-corrected chi connectivity index (χ0v) is 24.8. The van der Waals surface area contributed by atoms with Crippen LogP contribution in [-0.2, 0) is 23.2 Å². The summed E-state index contributed by atoms with van der Waals surface area (Å²) in [7, 11) is 0. The maximum absolute atomic E-state index is 14.1. The Morgan fingerprint density at radius 2 is 1.88 bits per heavy atom. The molecule has 1 amide bonds. The van der Waals surface area contributed by atoms with Crippen LogP contribution in [0.25, 0.3) is 22.2 Å². The first-order valence-electron chi connectivity index (χ1n) is 14.3. The average Bonchev–Trinajstić information content (AvgIpc) is 3.35. The standard InChI is InChI=1S/C33H33ClFN5O2/c1-32(2,3)42-31(41)39-13-10-33(11-14-39)25-8-7-23(22-6-4-5-21(15-22)19-36)16-24(25)9-12-40(33)20-30-37-28-17-26(34)27(35)18-29(28)38-30/h4-8,15-18H,9-14,20H2,1-3H3,(H,37,38). The van der Waals surface area contributed by atoms with Crippen molar-refractivity contribution in [2.24, 2.45) is 0 Å². The number of carbonyl (C=O) groups is 1. The number of piperidine rings is 1. The molecule has 0 radical (unpaired) electrons. The van der Waals surface area contributed by atoms with Gasteiger partial charge in [-0.1, -0.05) is 41.9 Å². The third kappa shape index (κ3) is 5.35. The number of amides is 1. The summed E-state index contributed by atoms with van der Waals surface area (Å²) in [5.74, 6) is 0.266. The van der Waals surface area contributed by atoms with Crippen LogP contribution >= 0.6 is 11.6 Å². The minimum atomic E-state index is -0.557. The average molecular weight is 586 g/mol. The number of fused-ring (bicyclic) bond motifs is 3. The lowest BCUT2D eigenvalue weighted by atomic mass is 9.73. The van der Waals surface area contributed by atoms with Gasteiger partial charge in [0.2, 0.25) is 0 Å². The number of H-pyrrole nitrogens is 1. The summed E-state index contributed by atoms with van der Waals surface area (Å²) < 4.78 is 19.8. The maximum atomic E-state index is 14.1. The summed E-state index contributed by atoms with van der Waals surface area (Å²) in [5, 5.41) is 9.44. The summed E-state index contributed by atoms with van der Waals surface area (Å²) in [6, 6.07) is 19.4. The van der Waals surface area contributed by atoms with Gasteiger partial charge in [-0.05, 0) is 80.5 Å². The van der Waals surface area contributed by atoms with E-state index >= 15 is 0 Å². The van der Waals surface area contributed by atoms with Crippen molar-refractivity contribution in [2.45, 2.75) is 57.7 Å². The van der Waals surface area contributed by atoms with Gasteiger partial charge in [-0.25, -0.2) is 14.2 Å². The van der Waals surface area contributed by atoms with E-state index in [0.717, 1.165) is 42.8 Å². The van der Waals surface area contributed by atoms with E-state index in [1.165, 1.54) is 17.2 Å². The van der Waals surface area contributed by atoms with Crippen LogP contribution in [-0.4, -0.2) is 51.1 Å². The number of nitriles is 1. The second-order valence-electron chi connectivity index (χ2n) is 12.2. The van der Waals surface area contributed by atoms with Crippen LogP contribution in [0.4, 0.5) is 9.18 Å². The zero-order valence-electron chi connectivity index (χ0n) is 24.0. The molecule has 3 aromatic carbocycles. The van der Waals surface area contributed by atoms with E-state index < -0.39 is 11.4 Å². The number of nitrogens with one attached hydrogen (secondary N) is 1. The molecule has 1 fully saturated rings. The van der Waals surface area contributed by atoms with E-state index in [2.05, 4.69) is 34.2 Å². The normalized spacial score (nSPS) is 16.8. The highest BCUT2D eigenvalue weighted by molar-refractivity contribution is 6.31. The third-order valence-corrected chi connectivity index (χ3v) is 8.63. The molecule has 0 unspecified atom stereocenters. The Bertz CT molecular complexity index is 1670. The molecule has 9 heteroatoms. The third-order valence-electron chi connectivity index (χ3n) is 8.34. The van der Waals surface area contributed by atoms with Crippen LogP contribution in [0, 0.1) is 17.1 Å². The molecule has 2 aliphatic heterocycles. The van der Waals surface area contributed by atoms with Crippen molar-refractivity contribution in [3.63, 3.8) is 0 Å². The molecule has 0 saturated carbocycles. The van der Waals surface area contributed by atoms with Gasteiger partial charge in [-0.2, -0.15) is 5.26 Å². The fourth-order valence-corrected chi connectivity index (χ4v) is 6.52. The zero-order chi connectivity index (χ0) is 29.6. The number of halogens is 2. The predicted molar refractivity (Wildman–Crippen MR) is 160 cm³/mol. The van der Waals surface area contributed by atoms with Crippen LogP contribution in [0.15, 0.2) is 54.6 Å². The van der Waals surface area contributed by atoms with E-state index in [4.69, 9.17) is 21.3 Å². The van der Waals surface area contributed by atoms with Crippen molar-refractivity contribution >= 4 is 28.7 Å². The molecule has 7 nitrogen and oxygen atoms in total. The molecule has 0 atom stereocenters. The first-order valence-corrected chi connectivity index (χ1v) is 14.6. The number of likely N-dealkylation sites (tertiary alicyclic amines) is 1. The van der Waals surface area contributed by atoms with Gasteiger partial charge in [0.05, 0.1) is 39.8 Å². The van der Waals surface area contributed by atoms with Gasteiger partial charge in [0.25, 0.3) is 0 Å². The highest BCUT2D eigenvalue weighted by Gasteiger charge is 2.46. The fraction of sp³-hybridized carbons (Fsp3) is 0.364. The molecule has 216 valence electrons. The highest BCUT2D eigenvalue weighted by atomic mass is 35.5. The Labute approximate surface area is 249 Å². The van der Waals surface area contributed by atoms with Crippen molar-refractivity contribution in [3.8, 4) is 17.2 Å². The number of hydrogen-bond donors (Lipinski definition) is 1. The predicted octanol–water partition coefficient (Wildman–Crippen LogP) is 7.18. The smallest absolute Gasteiger partial charge is 0.410 e. The summed E-state index contributed by atoms with van der Waals surface area (Å²) in [4.78, 5) is 25.2. The van der Waals surface area contributed by atoms with E-state index in [-0.39, 0.29) is 16.7 Å². The second-order valence-corrected chi connectivity index (χ2v) is 12.6. The van der Waals surface area contributed by atoms with Gasteiger partial charge in [0, 0.05) is 25.7 Å². The molecular formula is C33H33ClFN5O2. The van der Waals surface area contributed by atoms with Crippen molar-refractivity contribution in [3.05, 3.63) is 88.0 Å². The van der Waals surface area contributed by atoms with Crippen LogP contribution in [0.2, 0.25) is 5.02 Å². The fourth-order valence-electron chi connectivity index (χ4n) is 6.36. The number of aromatic amines is 1. The number of aromatic nitrogens is 2. The van der Waals surface area contributed by atoms with Gasteiger partial charge in [-0.3, -0.25) is 4.90 Å². The monoisotopic (exact) mass is 585 g/mol. The lowest BCUT2D eigenvalue weighted by molar-refractivity contribution is -0.0173. The molecule has 42 heavy (non-hydrogen) atoms. The first kappa shape index (κ1) is 28.2. The first-order chi connectivity index (χ1) is 20.0. The van der Waals surface area contributed by atoms with Gasteiger partial charge >= 0.3 is 6.09 Å². The molecule has 1 aromatic heterocycles. The molecule has 1 spiro atoms. The quantitative estimate of drug-likeness (QED) is 0.275. The Hall–Kier alpha value is -3.93. The number of nitrogens with zero attached hydrogens (tertiary/aromatic N) is 4. The number of imidazole rings is 1. The number of hydrogen-bond acceptors (Lipinski definition) is 5. The SMILES string of the molecule is CC(C)(C)OC(=O)N1CCC2(CC1)c1ccc(-c3cccc(C#N)c3)cc1CCN2Cc1nc2cc(Cl)c(F)cc2[nH]1. The number of rotatable bonds is 3. The molecule has 2 aliphatic rings. The van der Waals surface area contributed by atoms with E-state index in [1.807, 2.05) is 45.0 Å². The van der Waals surface area contributed by atoms with Crippen LogP contribution < -0.4 is 0 Å². The number of ether oxygens (including phenoxy) is 1. The van der Waals surface area contributed by atoms with Gasteiger partial charge in [-0.15, -0.1) is 0 Å². The lowest BCUT2D eigenvalue weighted by Crippen LogP contribution is -2.57. The molecule has 1 saturated heterocycles. The Morgan fingerprint density at radius 1 is 1.12 bits per heavy atom. The topological polar surface area (TPSA) is 85.2 Å². The minimum Gasteiger partial charge on any atom is -0.444 e. The van der Waals surface area contributed by atoms with Crippen LogP contribution in [0.3, 0.4) is 0 Å². The van der Waals surface area contributed by atoms with Crippen molar-refractivity contribution in [1.82, 2.24) is 19.8 Å². The molecular weight excluding hydrogens is 553 g/mol. The minimum absolute atomic E-state index is 0.0505. The number of carbonyl (C=O) groups excluding carboxylic acids is 1. The molecule has 3 heterocycles. The van der Waals surface area contributed by atoms with Crippen LogP contribution in [0.1, 0.15) is 56.1 Å². The second kappa shape index (κ2) is 10.7. The molecule has 4 aromatic rings. The number of benzene rings is 3. The summed E-state index contributed by atoms with van der Waals surface area (Å²) >= 11 is 6.02. The molecule has 0 aliphatic carbocycles. The Balaban J connectivity index is 1.34. The lowest BCUT2D eigenvalue weighted by Gasteiger charge is -2.52. The maximum Gasteiger partial charge on any atom is 0.410 e. The van der Waals surface area contributed by atoms with Gasteiger partial charge < -0.3 is 14.6 Å². The van der Waals surface area contributed by atoms with Crippen molar-refractivity contribution < 1.29 is 13.9 Å². The van der Waals surface area contributed by atoms with Crippen molar-refractivity contribution in [1.29, 1.82) is 5.26 Å². The Kier molecular flexibility index (Phi) is 7.20. The summed E-state index contributed by atoms with van der Waals surface area (Å²) in [6.07, 6.45) is 2.04. The largest absolute Gasteiger partial charge is 0.444 e. The highest BCUT2D eigenvalue weighted by Crippen LogP contribution is 2.45. The summed E-state index contributed by atoms with van der Waals surface area (Å²) in [5.41, 5.74) is 5.62. The van der Waals surface area contributed by atoms with Gasteiger partial charge in [0.1, 0.15) is 17.2 Å². The van der Waals surface area contributed by atoms with E-state index in [9.17, 15) is 14.4 Å². The molecule has 1 N–H and O–H groups in total. The van der Waals surface area contributed by atoms with Crippen LogP contribution in [0.5, 0.6) is 0 Å².